The Balaban J connectivity index is 0.000000188. The van der Waals surface area contributed by atoms with Crippen molar-refractivity contribution in [1.29, 1.82) is 0 Å². The molecule has 0 bridgehead atoms. The molecule has 2 nitrogen and oxygen atoms in total. The average Bonchev–Trinajstić information content (AvgIpc) is 3.60. The molecule has 0 saturated heterocycles. The van der Waals surface area contributed by atoms with E-state index >= 15 is 0 Å². The van der Waals surface area contributed by atoms with E-state index in [1.165, 1.54) is 53.6 Å². The second-order valence-electron chi connectivity index (χ2n) is 12.5. The van der Waals surface area contributed by atoms with Crippen LogP contribution in [0.3, 0.4) is 0 Å². The van der Waals surface area contributed by atoms with Crippen molar-refractivity contribution in [3.8, 4) is 44.8 Å². The average molecular weight is 863 g/mol. The number of thiophene rings is 1. The Hall–Kier alpha value is -5.51. The predicted molar refractivity (Wildman–Crippen MR) is 215 cm³/mol. The van der Waals surface area contributed by atoms with Crippen molar-refractivity contribution in [2.75, 3.05) is 0 Å². The molecule has 3 heterocycles. The van der Waals surface area contributed by atoms with Gasteiger partial charge in [0.1, 0.15) is 0 Å². The molecule has 4 heteroatoms. The summed E-state index contributed by atoms with van der Waals surface area (Å²) in [5, 5.41) is 2.58. The van der Waals surface area contributed by atoms with E-state index in [0.717, 1.165) is 22.5 Å². The maximum absolute atomic E-state index is 4.68. The summed E-state index contributed by atoms with van der Waals surface area (Å²) in [4.78, 5) is 9.04. The van der Waals surface area contributed by atoms with Crippen LogP contribution < -0.4 is 0 Å². The number of pyridine rings is 2. The third kappa shape index (κ3) is 7.71. The SMILES string of the molecule is CC(c1ccc(-c2ccccc2)cc1)c1ccnc(-c2[c-]cc3sc4ccccc4c3c2)c1.[Ir].[c-]1ccc(-c2ccccc2)cc1-c1ccccn1. The second-order valence-corrected chi connectivity index (χ2v) is 13.6. The van der Waals surface area contributed by atoms with E-state index in [4.69, 9.17) is 0 Å². The number of hydrogen-bond acceptors (Lipinski definition) is 3. The molecule has 0 spiro atoms. The van der Waals surface area contributed by atoms with Gasteiger partial charge in [0.05, 0.1) is 0 Å². The van der Waals surface area contributed by atoms with Crippen LogP contribution in [-0.4, -0.2) is 9.97 Å². The van der Waals surface area contributed by atoms with E-state index < -0.39 is 0 Å². The number of rotatable bonds is 6. The maximum Gasteiger partial charge on any atom is 0.0239 e. The summed E-state index contributed by atoms with van der Waals surface area (Å²) in [6.45, 7) is 2.26. The van der Waals surface area contributed by atoms with Crippen molar-refractivity contribution in [3.63, 3.8) is 0 Å². The van der Waals surface area contributed by atoms with Crippen LogP contribution >= 0.6 is 11.3 Å². The zero-order valence-corrected chi connectivity index (χ0v) is 31.7. The van der Waals surface area contributed by atoms with Gasteiger partial charge in [0.15, 0.2) is 0 Å². The van der Waals surface area contributed by atoms with Crippen LogP contribution in [0.4, 0.5) is 0 Å². The molecule has 1 radical (unpaired) electrons. The summed E-state index contributed by atoms with van der Waals surface area (Å²) in [7, 11) is 0. The Bertz CT molecular complexity index is 2470. The summed E-state index contributed by atoms with van der Waals surface area (Å²) in [6, 6.07) is 65.8. The molecular weight excluding hydrogens is 829 g/mol. The summed E-state index contributed by atoms with van der Waals surface area (Å²) in [5.41, 5.74) is 11.4. The van der Waals surface area contributed by atoms with E-state index in [-0.39, 0.29) is 26.0 Å². The molecule has 0 saturated carbocycles. The molecule has 0 aliphatic carbocycles. The summed E-state index contributed by atoms with van der Waals surface area (Å²) in [6.07, 6.45) is 3.72. The van der Waals surface area contributed by atoms with E-state index in [1.54, 1.807) is 6.20 Å². The third-order valence-corrected chi connectivity index (χ3v) is 10.4. The zero-order chi connectivity index (χ0) is 34.4. The fourth-order valence-electron chi connectivity index (χ4n) is 6.42. The predicted octanol–water partition coefficient (Wildman–Crippen LogP) is 12.9. The number of fused-ring (bicyclic) bond motifs is 3. The number of hydrogen-bond donors (Lipinski definition) is 0. The van der Waals surface area contributed by atoms with Crippen LogP contribution in [0.25, 0.3) is 64.9 Å². The molecule has 1 atom stereocenters. The van der Waals surface area contributed by atoms with Crippen molar-refractivity contribution in [3.05, 3.63) is 206 Å². The zero-order valence-electron chi connectivity index (χ0n) is 28.5. The van der Waals surface area contributed by atoms with Gasteiger partial charge in [-0.15, -0.1) is 59.2 Å². The summed E-state index contributed by atoms with van der Waals surface area (Å²) >= 11 is 1.82. The molecule has 0 aliphatic rings. The second kappa shape index (κ2) is 16.2. The molecule has 6 aromatic carbocycles. The topological polar surface area (TPSA) is 25.8 Å². The molecule has 3 aromatic heterocycles. The first-order valence-electron chi connectivity index (χ1n) is 17.1. The van der Waals surface area contributed by atoms with Crippen LogP contribution in [0, 0.1) is 12.1 Å². The smallest absolute Gasteiger partial charge is 0.0239 e. The molecule has 1 unspecified atom stereocenters. The Morgan fingerprint density at radius 2 is 1.13 bits per heavy atom. The van der Waals surface area contributed by atoms with E-state index in [1.807, 2.05) is 60.0 Å². The molecule has 9 aromatic rings. The molecule has 253 valence electrons. The van der Waals surface area contributed by atoms with Gasteiger partial charge in [-0.05, 0) is 67.5 Å². The van der Waals surface area contributed by atoms with Gasteiger partial charge in [-0.1, -0.05) is 134 Å². The molecule has 0 amide bonds. The van der Waals surface area contributed by atoms with Gasteiger partial charge >= 0.3 is 0 Å². The summed E-state index contributed by atoms with van der Waals surface area (Å²) in [5.74, 6) is 0.280. The Kier molecular flexibility index (Phi) is 10.9. The van der Waals surface area contributed by atoms with Gasteiger partial charge in [0, 0.05) is 43.1 Å². The van der Waals surface area contributed by atoms with Gasteiger partial charge in [-0.3, -0.25) is 0 Å². The van der Waals surface area contributed by atoms with Gasteiger partial charge in [0.2, 0.25) is 0 Å². The van der Waals surface area contributed by atoms with E-state index in [0.29, 0.717) is 0 Å². The molecule has 0 fully saturated rings. The molecule has 9 rings (SSSR count). The molecule has 0 aliphatic heterocycles. The minimum atomic E-state index is 0. The maximum atomic E-state index is 4.68. The standard InChI is InChI=1S/C31H22NS.C17H12N.Ir/c1-21(22-11-13-24(14-12-22)23-7-3-2-4-8-23)25-17-18-32-29(20-25)26-15-16-31-28(19-26)27-9-5-6-10-30(27)33-31;1-2-7-14(8-3-1)15-9-6-10-16(13-15)17-11-4-5-12-18-17;/h2-14,16-21H,1H3;1-9,11-13H;/q2*-1;. The number of benzene rings is 6. The van der Waals surface area contributed by atoms with E-state index in [9.17, 15) is 0 Å². The van der Waals surface area contributed by atoms with Crippen LogP contribution in [0.15, 0.2) is 182 Å². The quantitative estimate of drug-likeness (QED) is 0.156. The third-order valence-electron chi connectivity index (χ3n) is 9.24. The minimum Gasteiger partial charge on any atom is -0.305 e. The number of aromatic nitrogens is 2. The fraction of sp³-hybridized carbons (Fsp3) is 0.0417. The summed E-state index contributed by atoms with van der Waals surface area (Å²) < 4.78 is 2.58. The Labute approximate surface area is 322 Å². The Morgan fingerprint density at radius 1 is 0.481 bits per heavy atom. The first-order valence-corrected chi connectivity index (χ1v) is 17.9. The molecule has 0 N–H and O–H groups in total. The van der Waals surface area contributed by atoms with Crippen molar-refractivity contribution in [1.82, 2.24) is 9.97 Å². The fourth-order valence-corrected chi connectivity index (χ4v) is 7.48. The van der Waals surface area contributed by atoms with Gasteiger partial charge in [-0.2, -0.15) is 11.3 Å². The van der Waals surface area contributed by atoms with Crippen LogP contribution in [-0.2, 0) is 20.1 Å². The molecule has 52 heavy (non-hydrogen) atoms. The van der Waals surface area contributed by atoms with Crippen molar-refractivity contribution in [2.45, 2.75) is 12.8 Å². The normalized spacial score (nSPS) is 11.3. The van der Waals surface area contributed by atoms with Crippen LogP contribution in [0.5, 0.6) is 0 Å². The first-order chi connectivity index (χ1) is 25.2. The van der Waals surface area contributed by atoms with Crippen molar-refractivity contribution < 1.29 is 20.1 Å². The van der Waals surface area contributed by atoms with Gasteiger partial charge in [-0.25, -0.2) is 0 Å². The van der Waals surface area contributed by atoms with Gasteiger partial charge in [0.25, 0.3) is 0 Å². The molecular formula is C48H34IrN2S-2. The van der Waals surface area contributed by atoms with Crippen LogP contribution in [0.2, 0.25) is 0 Å². The largest absolute Gasteiger partial charge is 0.305 e. The minimum absolute atomic E-state index is 0. The number of nitrogens with zero attached hydrogens (tertiary/aromatic N) is 2. The van der Waals surface area contributed by atoms with Gasteiger partial charge < -0.3 is 9.97 Å². The van der Waals surface area contributed by atoms with Crippen molar-refractivity contribution in [2.24, 2.45) is 0 Å². The monoisotopic (exact) mass is 863 g/mol. The van der Waals surface area contributed by atoms with E-state index in [2.05, 4.69) is 156 Å². The first kappa shape index (κ1) is 34.9. The Morgan fingerprint density at radius 3 is 1.88 bits per heavy atom. The van der Waals surface area contributed by atoms with Crippen molar-refractivity contribution >= 4 is 31.5 Å². The van der Waals surface area contributed by atoms with Crippen LogP contribution in [0.1, 0.15) is 24.0 Å².